The van der Waals surface area contributed by atoms with E-state index in [1.807, 2.05) is 6.20 Å². The van der Waals surface area contributed by atoms with Crippen molar-refractivity contribution in [1.82, 2.24) is 9.97 Å². The van der Waals surface area contributed by atoms with Gasteiger partial charge in [-0.3, -0.25) is 0 Å². The molecule has 1 heterocycles. The Morgan fingerprint density at radius 1 is 1.70 bits per heavy atom. The van der Waals surface area contributed by atoms with Crippen LogP contribution in [0.5, 0.6) is 0 Å². The number of H-pyrrole nitrogens is 1. The lowest BCUT2D eigenvalue weighted by molar-refractivity contribution is 0.649. The third kappa shape index (κ3) is 1.04. The molecule has 1 fully saturated rings. The van der Waals surface area contributed by atoms with Gasteiger partial charge in [0.05, 0.1) is 0 Å². The molecule has 54 valence electrons. The Balaban J connectivity index is 2.04. The highest BCUT2D eigenvalue weighted by atomic mass is 14.9. The van der Waals surface area contributed by atoms with Crippen molar-refractivity contribution < 1.29 is 0 Å². The number of aromatic nitrogens is 2. The van der Waals surface area contributed by atoms with E-state index in [2.05, 4.69) is 9.97 Å². The lowest BCUT2D eigenvalue weighted by Crippen LogP contribution is -2.24. The molecule has 2 rings (SSSR count). The van der Waals surface area contributed by atoms with E-state index in [-0.39, 0.29) is 5.54 Å². The zero-order valence-electron chi connectivity index (χ0n) is 5.80. The minimum absolute atomic E-state index is 0.0812. The molecule has 0 amide bonds. The topological polar surface area (TPSA) is 54.7 Å². The van der Waals surface area contributed by atoms with Crippen LogP contribution in [0.1, 0.15) is 18.7 Å². The first-order chi connectivity index (χ1) is 4.79. The molecule has 3 nitrogen and oxygen atoms in total. The molecule has 0 atom stereocenters. The Morgan fingerprint density at radius 2 is 2.50 bits per heavy atom. The highest BCUT2D eigenvalue weighted by Gasteiger charge is 2.38. The molecule has 1 aromatic heterocycles. The van der Waals surface area contributed by atoms with E-state index in [1.165, 1.54) is 0 Å². The van der Waals surface area contributed by atoms with Gasteiger partial charge in [0.1, 0.15) is 5.82 Å². The summed E-state index contributed by atoms with van der Waals surface area (Å²) in [6.45, 7) is 0. The maximum atomic E-state index is 5.88. The molecule has 3 N–H and O–H groups in total. The predicted molar refractivity (Wildman–Crippen MR) is 38.4 cm³/mol. The Morgan fingerprint density at radius 3 is 3.00 bits per heavy atom. The van der Waals surface area contributed by atoms with Crippen molar-refractivity contribution >= 4 is 0 Å². The number of nitrogens with one attached hydrogen (secondary N) is 1. The highest BCUT2D eigenvalue weighted by Crippen LogP contribution is 2.34. The number of rotatable bonds is 2. The Labute approximate surface area is 59.7 Å². The standard InChI is InChI=1S/C7H11N3/c8-7(1-2-7)5-6-9-3-4-10-6/h3-4H,1-2,5,8H2,(H,9,10). The predicted octanol–water partition coefficient (Wildman–Crippen LogP) is 0.443. The van der Waals surface area contributed by atoms with Gasteiger partial charge in [-0.05, 0) is 12.8 Å². The number of nitrogens with two attached hydrogens (primary N) is 1. The lowest BCUT2D eigenvalue weighted by Gasteiger charge is -2.03. The van der Waals surface area contributed by atoms with Crippen molar-refractivity contribution in [3.63, 3.8) is 0 Å². The van der Waals surface area contributed by atoms with Gasteiger partial charge < -0.3 is 10.7 Å². The summed E-state index contributed by atoms with van der Waals surface area (Å²) in [5, 5.41) is 0. The second-order valence-corrected chi connectivity index (χ2v) is 3.08. The fourth-order valence-corrected chi connectivity index (χ4v) is 1.07. The van der Waals surface area contributed by atoms with E-state index in [9.17, 15) is 0 Å². The van der Waals surface area contributed by atoms with Crippen LogP contribution in [0.3, 0.4) is 0 Å². The summed E-state index contributed by atoms with van der Waals surface area (Å²) in [4.78, 5) is 7.15. The fraction of sp³-hybridized carbons (Fsp3) is 0.571. The van der Waals surface area contributed by atoms with Crippen LogP contribution in [0.15, 0.2) is 12.4 Å². The van der Waals surface area contributed by atoms with Gasteiger partial charge in [0.25, 0.3) is 0 Å². The van der Waals surface area contributed by atoms with E-state index in [1.54, 1.807) is 6.20 Å². The van der Waals surface area contributed by atoms with Crippen molar-refractivity contribution in [3.05, 3.63) is 18.2 Å². The van der Waals surface area contributed by atoms with Crippen LogP contribution < -0.4 is 5.73 Å². The molecule has 0 saturated heterocycles. The van der Waals surface area contributed by atoms with Crippen molar-refractivity contribution in [2.75, 3.05) is 0 Å². The fourth-order valence-electron chi connectivity index (χ4n) is 1.07. The molecule has 1 aromatic rings. The van der Waals surface area contributed by atoms with Crippen LogP contribution in [0.4, 0.5) is 0 Å². The second kappa shape index (κ2) is 1.83. The lowest BCUT2D eigenvalue weighted by atomic mass is 10.2. The van der Waals surface area contributed by atoms with Crippen molar-refractivity contribution in [2.45, 2.75) is 24.8 Å². The Hall–Kier alpha value is -0.830. The average molecular weight is 137 g/mol. The number of aromatic amines is 1. The normalized spacial score (nSPS) is 20.9. The molecule has 0 bridgehead atoms. The third-order valence-corrected chi connectivity index (χ3v) is 1.97. The molecule has 1 aliphatic rings. The van der Waals surface area contributed by atoms with E-state index < -0.39 is 0 Å². The third-order valence-electron chi connectivity index (χ3n) is 1.97. The van der Waals surface area contributed by atoms with E-state index in [0.29, 0.717) is 0 Å². The number of nitrogens with zero attached hydrogens (tertiary/aromatic N) is 1. The van der Waals surface area contributed by atoms with Crippen LogP contribution in [-0.2, 0) is 6.42 Å². The molecule has 0 spiro atoms. The van der Waals surface area contributed by atoms with Gasteiger partial charge in [-0.2, -0.15) is 0 Å². The summed E-state index contributed by atoms with van der Waals surface area (Å²) < 4.78 is 0. The highest BCUT2D eigenvalue weighted by molar-refractivity contribution is 5.06. The largest absolute Gasteiger partial charge is 0.349 e. The number of hydrogen-bond acceptors (Lipinski definition) is 2. The summed E-state index contributed by atoms with van der Waals surface area (Å²) >= 11 is 0. The molecule has 0 radical (unpaired) electrons. The quantitative estimate of drug-likeness (QED) is 0.621. The minimum Gasteiger partial charge on any atom is -0.349 e. The van der Waals surface area contributed by atoms with Gasteiger partial charge in [0, 0.05) is 24.4 Å². The average Bonchev–Trinajstić information content (AvgIpc) is 2.47. The van der Waals surface area contributed by atoms with Gasteiger partial charge in [-0.15, -0.1) is 0 Å². The Bertz CT molecular complexity index is 211. The van der Waals surface area contributed by atoms with Gasteiger partial charge in [-0.25, -0.2) is 4.98 Å². The molecule has 0 unspecified atom stereocenters. The molecule has 0 aliphatic heterocycles. The summed E-state index contributed by atoms with van der Waals surface area (Å²) in [6, 6.07) is 0. The minimum atomic E-state index is 0.0812. The summed E-state index contributed by atoms with van der Waals surface area (Å²) in [5.41, 5.74) is 5.96. The van der Waals surface area contributed by atoms with Gasteiger partial charge in [-0.1, -0.05) is 0 Å². The number of hydrogen-bond donors (Lipinski definition) is 2. The van der Waals surface area contributed by atoms with Crippen LogP contribution >= 0.6 is 0 Å². The molecule has 0 aromatic carbocycles. The number of imidazole rings is 1. The molecular formula is C7H11N3. The molecule has 1 aliphatic carbocycles. The van der Waals surface area contributed by atoms with Crippen LogP contribution in [0.2, 0.25) is 0 Å². The maximum Gasteiger partial charge on any atom is 0.107 e. The van der Waals surface area contributed by atoms with Gasteiger partial charge >= 0.3 is 0 Å². The zero-order valence-corrected chi connectivity index (χ0v) is 5.80. The Kier molecular flexibility index (Phi) is 1.08. The van der Waals surface area contributed by atoms with E-state index in [4.69, 9.17) is 5.73 Å². The second-order valence-electron chi connectivity index (χ2n) is 3.08. The van der Waals surface area contributed by atoms with Crippen molar-refractivity contribution in [3.8, 4) is 0 Å². The van der Waals surface area contributed by atoms with Crippen LogP contribution in [0, 0.1) is 0 Å². The zero-order chi connectivity index (χ0) is 7.03. The van der Waals surface area contributed by atoms with Crippen molar-refractivity contribution in [2.24, 2.45) is 5.73 Å². The maximum absolute atomic E-state index is 5.88. The van der Waals surface area contributed by atoms with E-state index >= 15 is 0 Å². The summed E-state index contributed by atoms with van der Waals surface area (Å²) in [5.74, 6) is 1.01. The smallest absolute Gasteiger partial charge is 0.107 e. The molecule has 3 heteroatoms. The van der Waals surface area contributed by atoms with E-state index in [0.717, 1.165) is 25.1 Å². The molecule has 10 heavy (non-hydrogen) atoms. The summed E-state index contributed by atoms with van der Waals surface area (Å²) in [7, 11) is 0. The SMILES string of the molecule is NC1(Cc2ncc[nH]2)CC1. The monoisotopic (exact) mass is 137 g/mol. The van der Waals surface area contributed by atoms with Crippen molar-refractivity contribution in [1.29, 1.82) is 0 Å². The van der Waals surface area contributed by atoms with Crippen LogP contribution in [-0.4, -0.2) is 15.5 Å². The first-order valence-corrected chi connectivity index (χ1v) is 3.56. The molecule has 1 saturated carbocycles. The van der Waals surface area contributed by atoms with Gasteiger partial charge in [0.2, 0.25) is 0 Å². The van der Waals surface area contributed by atoms with Gasteiger partial charge in [0.15, 0.2) is 0 Å². The molecular weight excluding hydrogens is 126 g/mol. The van der Waals surface area contributed by atoms with Crippen LogP contribution in [0.25, 0.3) is 0 Å². The first-order valence-electron chi connectivity index (χ1n) is 3.56. The first kappa shape index (κ1) is 5.92. The summed E-state index contributed by atoms with van der Waals surface area (Å²) in [6.07, 6.45) is 6.80.